The van der Waals surface area contributed by atoms with Gasteiger partial charge in [0.05, 0.1) is 5.69 Å². The average Bonchev–Trinajstić information content (AvgIpc) is 2.86. The Bertz CT molecular complexity index is 540. The van der Waals surface area contributed by atoms with E-state index in [1.807, 2.05) is 11.7 Å². The van der Waals surface area contributed by atoms with Gasteiger partial charge in [0.2, 0.25) is 0 Å². The fraction of sp³-hybridized carbons (Fsp3) is 0.471. The van der Waals surface area contributed by atoms with E-state index in [9.17, 15) is 0 Å². The first kappa shape index (κ1) is 14.8. The summed E-state index contributed by atoms with van der Waals surface area (Å²) in [6.45, 7) is 7.53. The lowest BCUT2D eigenvalue weighted by Gasteiger charge is -2.16. The first-order chi connectivity index (χ1) is 9.69. The second-order valence-electron chi connectivity index (χ2n) is 5.16. The molecule has 1 N–H and O–H groups in total. The summed E-state index contributed by atoms with van der Waals surface area (Å²) in [5, 5.41) is 8.03. The number of nitrogens with one attached hydrogen (secondary N) is 1. The van der Waals surface area contributed by atoms with Gasteiger partial charge in [-0.2, -0.15) is 5.10 Å². The van der Waals surface area contributed by atoms with Crippen LogP contribution in [0.1, 0.15) is 44.5 Å². The van der Waals surface area contributed by atoms with E-state index in [1.165, 1.54) is 22.4 Å². The number of aromatic nitrogens is 2. The molecule has 0 amide bonds. The SMILES string of the molecule is CCNC(CC)c1ccc(-c2cn(C)nc2CC)cc1. The van der Waals surface area contributed by atoms with Gasteiger partial charge in [-0.1, -0.05) is 45.0 Å². The van der Waals surface area contributed by atoms with E-state index in [2.05, 4.69) is 61.6 Å². The standard InChI is InChI=1S/C17H25N3/c1-5-16(18-7-3)14-10-8-13(9-11-14)15-12-20(4)19-17(15)6-2/h8-12,16,18H,5-7H2,1-4H3. The highest BCUT2D eigenvalue weighted by molar-refractivity contribution is 5.65. The maximum absolute atomic E-state index is 4.51. The van der Waals surface area contributed by atoms with E-state index in [4.69, 9.17) is 0 Å². The molecule has 0 aliphatic heterocycles. The highest BCUT2D eigenvalue weighted by Crippen LogP contribution is 2.25. The molecule has 0 radical (unpaired) electrons. The van der Waals surface area contributed by atoms with Gasteiger partial charge in [-0.25, -0.2) is 0 Å². The van der Waals surface area contributed by atoms with Gasteiger partial charge in [0.1, 0.15) is 0 Å². The zero-order valence-corrected chi connectivity index (χ0v) is 13.0. The van der Waals surface area contributed by atoms with Crippen molar-refractivity contribution >= 4 is 0 Å². The van der Waals surface area contributed by atoms with E-state index < -0.39 is 0 Å². The van der Waals surface area contributed by atoms with E-state index in [0.717, 1.165) is 19.4 Å². The van der Waals surface area contributed by atoms with Crippen LogP contribution in [0.4, 0.5) is 0 Å². The lowest BCUT2D eigenvalue weighted by molar-refractivity contribution is 0.537. The number of hydrogen-bond donors (Lipinski definition) is 1. The Kier molecular flexibility index (Phi) is 4.96. The van der Waals surface area contributed by atoms with Crippen molar-refractivity contribution in [1.82, 2.24) is 15.1 Å². The van der Waals surface area contributed by atoms with E-state index in [0.29, 0.717) is 6.04 Å². The minimum Gasteiger partial charge on any atom is -0.310 e. The first-order valence-corrected chi connectivity index (χ1v) is 7.55. The minimum absolute atomic E-state index is 0.452. The minimum atomic E-state index is 0.452. The van der Waals surface area contributed by atoms with Crippen LogP contribution in [0.2, 0.25) is 0 Å². The summed E-state index contributed by atoms with van der Waals surface area (Å²) < 4.78 is 1.90. The summed E-state index contributed by atoms with van der Waals surface area (Å²) in [5.74, 6) is 0. The number of aryl methyl sites for hydroxylation is 2. The molecule has 20 heavy (non-hydrogen) atoms. The Morgan fingerprint density at radius 2 is 1.85 bits per heavy atom. The predicted molar refractivity (Wildman–Crippen MR) is 84.7 cm³/mol. The van der Waals surface area contributed by atoms with Crippen molar-refractivity contribution in [1.29, 1.82) is 0 Å². The van der Waals surface area contributed by atoms with Crippen molar-refractivity contribution in [3.05, 3.63) is 41.7 Å². The highest BCUT2D eigenvalue weighted by Gasteiger charge is 2.10. The molecule has 0 fully saturated rings. The fourth-order valence-electron chi connectivity index (χ4n) is 2.68. The van der Waals surface area contributed by atoms with E-state index in [-0.39, 0.29) is 0 Å². The lowest BCUT2D eigenvalue weighted by atomic mass is 9.99. The molecule has 0 saturated carbocycles. The van der Waals surface area contributed by atoms with Gasteiger partial charge in [0.15, 0.2) is 0 Å². The van der Waals surface area contributed by atoms with Crippen molar-refractivity contribution in [3.63, 3.8) is 0 Å². The molecule has 1 aromatic carbocycles. The Labute approximate surface area is 122 Å². The van der Waals surface area contributed by atoms with Crippen LogP contribution < -0.4 is 5.32 Å². The molecule has 0 spiro atoms. The Morgan fingerprint density at radius 3 is 2.40 bits per heavy atom. The maximum Gasteiger partial charge on any atom is 0.0700 e. The van der Waals surface area contributed by atoms with Gasteiger partial charge in [-0.3, -0.25) is 4.68 Å². The molecule has 2 aromatic rings. The maximum atomic E-state index is 4.51. The Morgan fingerprint density at radius 1 is 1.15 bits per heavy atom. The molecule has 1 unspecified atom stereocenters. The van der Waals surface area contributed by atoms with Crippen LogP contribution in [0.15, 0.2) is 30.5 Å². The molecule has 1 aromatic heterocycles. The topological polar surface area (TPSA) is 29.9 Å². The molecule has 3 heteroatoms. The molecule has 1 heterocycles. The zero-order chi connectivity index (χ0) is 14.5. The lowest BCUT2D eigenvalue weighted by Crippen LogP contribution is -2.19. The molecule has 0 aliphatic rings. The summed E-state index contributed by atoms with van der Waals surface area (Å²) in [5.41, 5.74) is 5.03. The summed E-state index contributed by atoms with van der Waals surface area (Å²) in [4.78, 5) is 0. The first-order valence-electron chi connectivity index (χ1n) is 7.55. The Balaban J connectivity index is 2.27. The molecule has 0 aliphatic carbocycles. The molecule has 0 saturated heterocycles. The largest absolute Gasteiger partial charge is 0.310 e. The van der Waals surface area contributed by atoms with Crippen LogP contribution in [-0.2, 0) is 13.5 Å². The fourth-order valence-corrected chi connectivity index (χ4v) is 2.68. The van der Waals surface area contributed by atoms with Crippen molar-refractivity contribution in [2.45, 2.75) is 39.7 Å². The average molecular weight is 271 g/mol. The van der Waals surface area contributed by atoms with Crippen LogP contribution in [0, 0.1) is 0 Å². The van der Waals surface area contributed by atoms with Crippen LogP contribution in [0.5, 0.6) is 0 Å². The van der Waals surface area contributed by atoms with Gasteiger partial charge in [-0.15, -0.1) is 0 Å². The van der Waals surface area contributed by atoms with Crippen molar-refractivity contribution < 1.29 is 0 Å². The van der Waals surface area contributed by atoms with Crippen LogP contribution in [-0.4, -0.2) is 16.3 Å². The number of benzene rings is 1. The number of nitrogens with zero attached hydrogens (tertiary/aromatic N) is 2. The third kappa shape index (κ3) is 3.10. The number of hydrogen-bond acceptors (Lipinski definition) is 2. The molecule has 1 atom stereocenters. The van der Waals surface area contributed by atoms with Crippen LogP contribution in [0.25, 0.3) is 11.1 Å². The summed E-state index contributed by atoms with van der Waals surface area (Å²) in [7, 11) is 1.98. The zero-order valence-electron chi connectivity index (χ0n) is 13.0. The molecular formula is C17H25N3. The highest BCUT2D eigenvalue weighted by atomic mass is 15.2. The molecule has 108 valence electrons. The Hall–Kier alpha value is -1.61. The molecule has 0 bridgehead atoms. The summed E-state index contributed by atoms with van der Waals surface area (Å²) in [6.07, 6.45) is 4.18. The second-order valence-corrected chi connectivity index (χ2v) is 5.16. The predicted octanol–water partition coefficient (Wildman–Crippen LogP) is 3.71. The summed E-state index contributed by atoms with van der Waals surface area (Å²) in [6, 6.07) is 9.35. The van der Waals surface area contributed by atoms with Gasteiger partial charge in [-0.05, 0) is 30.5 Å². The van der Waals surface area contributed by atoms with Crippen LogP contribution >= 0.6 is 0 Å². The van der Waals surface area contributed by atoms with Crippen molar-refractivity contribution in [2.24, 2.45) is 7.05 Å². The van der Waals surface area contributed by atoms with Gasteiger partial charge < -0.3 is 5.32 Å². The van der Waals surface area contributed by atoms with Crippen molar-refractivity contribution in [3.8, 4) is 11.1 Å². The molecule has 2 rings (SSSR count). The van der Waals surface area contributed by atoms with Gasteiger partial charge in [0.25, 0.3) is 0 Å². The number of rotatable bonds is 6. The smallest absolute Gasteiger partial charge is 0.0700 e. The second kappa shape index (κ2) is 6.71. The third-order valence-electron chi connectivity index (χ3n) is 3.72. The van der Waals surface area contributed by atoms with Crippen LogP contribution in [0.3, 0.4) is 0 Å². The summed E-state index contributed by atoms with van der Waals surface area (Å²) >= 11 is 0. The van der Waals surface area contributed by atoms with Crippen molar-refractivity contribution in [2.75, 3.05) is 6.54 Å². The quantitative estimate of drug-likeness (QED) is 0.868. The molecule has 3 nitrogen and oxygen atoms in total. The molecular weight excluding hydrogens is 246 g/mol. The van der Waals surface area contributed by atoms with Gasteiger partial charge >= 0.3 is 0 Å². The van der Waals surface area contributed by atoms with E-state index >= 15 is 0 Å². The van der Waals surface area contributed by atoms with E-state index in [1.54, 1.807) is 0 Å². The third-order valence-corrected chi connectivity index (χ3v) is 3.72. The van der Waals surface area contributed by atoms with Gasteiger partial charge in [0, 0.05) is 24.8 Å². The monoisotopic (exact) mass is 271 g/mol. The normalized spacial score (nSPS) is 12.6.